The van der Waals surface area contributed by atoms with Crippen molar-refractivity contribution in [1.82, 2.24) is 9.88 Å². The molecule has 1 fully saturated rings. The Bertz CT molecular complexity index is 791. The van der Waals surface area contributed by atoms with Crippen molar-refractivity contribution in [1.29, 1.82) is 0 Å². The minimum atomic E-state index is -0.695. The molecule has 2 heterocycles. The van der Waals surface area contributed by atoms with E-state index in [9.17, 15) is 9.18 Å². The van der Waals surface area contributed by atoms with E-state index in [2.05, 4.69) is 26.9 Å². The highest BCUT2D eigenvalue weighted by Crippen LogP contribution is 2.16. The molecule has 2 unspecified atom stereocenters. The number of aliphatic imine (C=N–C) groups is 2. The molecule has 0 aliphatic carbocycles. The SMILES string of the molecule is C=CC(=O)N1CCCC(C=NC(C)/C(F)=C\N=C(N)Nc2ccc(OC)nc2)C1. The lowest BCUT2D eigenvalue weighted by molar-refractivity contribution is -0.127. The monoisotopic (exact) mass is 402 g/mol. The van der Waals surface area contributed by atoms with E-state index >= 15 is 0 Å². The molecule has 0 saturated carbocycles. The number of nitrogens with one attached hydrogen (secondary N) is 1. The number of nitrogens with two attached hydrogens (primary N) is 1. The number of nitrogens with zero attached hydrogens (tertiary/aromatic N) is 4. The third-order valence-corrected chi connectivity index (χ3v) is 4.41. The first-order valence-corrected chi connectivity index (χ1v) is 9.33. The number of amides is 1. The maximum absolute atomic E-state index is 14.3. The fourth-order valence-corrected chi connectivity index (χ4v) is 2.78. The van der Waals surface area contributed by atoms with Crippen molar-refractivity contribution in [2.24, 2.45) is 21.6 Å². The highest BCUT2D eigenvalue weighted by molar-refractivity contribution is 5.92. The summed E-state index contributed by atoms with van der Waals surface area (Å²) in [5.74, 6) is -0.0196. The maximum Gasteiger partial charge on any atom is 0.245 e. The second-order valence-corrected chi connectivity index (χ2v) is 6.61. The Hall–Kier alpha value is -3.23. The van der Waals surface area contributed by atoms with Crippen molar-refractivity contribution in [3.05, 3.63) is 43.0 Å². The summed E-state index contributed by atoms with van der Waals surface area (Å²) >= 11 is 0. The normalized spacial score (nSPS) is 19.1. The molecule has 1 aliphatic heterocycles. The van der Waals surface area contributed by atoms with Crippen molar-refractivity contribution in [2.75, 3.05) is 25.5 Å². The Morgan fingerprint density at radius 3 is 3.00 bits per heavy atom. The average molecular weight is 402 g/mol. The summed E-state index contributed by atoms with van der Waals surface area (Å²) < 4.78 is 19.2. The summed E-state index contributed by atoms with van der Waals surface area (Å²) in [7, 11) is 1.52. The number of aromatic nitrogens is 1. The molecule has 1 amide bonds. The molecular weight excluding hydrogens is 375 g/mol. The first kappa shape index (κ1) is 22.1. The fraction of sp³-hybridized carbons (Fsp3) is 0.400. The van der Waals surface area contributed by atoms with Crippen LogP contribution in [0.3, 0.4) is 0 Å². The number of methoxy groups -OCH3 is 1. The van der Waals surface area contributed by atoms with Gasteiger partial charge in [0.2, 0.25) is 11.8 Å². The van der Waals surface area contributed by atoms with Crippen LogP contribution >= 0.6 is 0 Å². The van der Waals surface area contributed by atoms with Crippen molar-refractivity contribution in [2.45, 2.75) is 25.8 Å². The van der Waals surface area contributed by atoms with Crippen LogP contribution in [0, 0.1) is 5.92 Å². The quantitative estimate of drug-likeness (QED) is 0.414. The van der Waals surface area contributed by atoms with Gasteiger partial charge >= 0.3 is 0 Å². The number of guanidine groups is 1. The number of hydrogen-bond donors (Lipinski definition) is 2. The zero-order valence-corrected chi connectivity index (χ0v) is 16.7. The predicted molar refractivity (Wildman–Crippen MR) is 113 cm³/mol. The fourth-order valence-electron chi connectivity index (χ4n) is 2.78. The molecule has 0 bridgehead atoms. The number of carbonyl (C=O) groups is 1. The second-order valence-electron chi connectivity index (χ2n) is 6.61. The molecule has 1 aliphatic rings. The second kappa shape index (κ2) is 10.9. The van der Waals surface area contributed by atoms with E-state index in [1.165, 1.54) is 19.4 Å². The highest BCUT2D eigenvalue weighted by Gasteiger charge is 2.21. The molecule has 0 radical (unpaired) electrons. The number of likely N-dealkylation sites (tertiary alicyclic amines) is 1. The number of ether oxygens (including phenoxy) is 1. The molecule has 2 atom stereocenters. The number of carbonyl (C=O) groups excluding carboxylic acids is 1. The van der Waals surface area contributed by atoms with Crippen LogP contribution in [-0.4, -0.2) is 54.2 Å². The summed E-state index contributed by atoms with van der Waals surface area (Å²) in [5.41, 5.74) is 6.36. The molecule has 9 heteroatoms. The lowest BCUT2D eigenvalue weighted by atomic mass is 9.99. The summed E-state index contributed by atoms with van der Waals surface area (Å²) in [6, 6.07) is 2.68. The topological polar surface area (TPSA) is 105 Å². The van der Waals surface area contributed by atoms with Gasteiger partial charge in [-0.25, -0.2) is 14.4 Å². The van der Waals surface area contributed by atoms with Gasteiger partial charge in [-0.05, 0) is 31.9 Å². The minimum Gasteiger partial charge on any atom is -0.481 e. The Labute approximate surface area is 170 Å². The number of pyridine rings is 1. The molecule has 29 heavy (non-hydrogen) atoms. The van der Waals surface area contributed by atoms with Crippen LogP contribution < -0.4 is 15.8 Å². The largest absolute Gasteiger partial charge is 0.481 e. The van der Waals surface area contributed by atoms with E-state index in [0.29, 0.717) is 24.7 Å². The molecule has 0 aromatic carbocycles. The number of piperidine rings is 1. The number of halogens is 1. The molecule has 1 aromatic heterocycles. The Kier molecular flexibility index (Phi) is 8.32. The van der Waals surface area contributed by atoms with Gasteiger partial charge in [0.1, 0.15) is 5.83 Å². The lowest BCUT2D eigenvalue weighted by Crippen LogP contribution is -2.39. The zero-order chi connectivity index (χ0) is 21.2. The molecule has 3 N–H and O–H groups in total. The molecule has 2 rings (SSSR count). The first-order chi connectivity index (χ1) is 13.9. The van der Waals surface area contributed by atoms with Crippen molar-refractivity contribution < 1.29 is 13.9 Å². The van der Waals surface area contributed by atoms with Gasteiger partial charge in [-0.15, -0.1) is 0 Å². The number of rotatable bonds is 7. The number of anilines is 1. The third kappa shape index (κ3) is 7.02. The van der Waals surface area contributed by atoms with Gasteiger partial charge in [-0.1, -0.05) is 6.58 Å². The van der Waals surface area contributed by atoms with Gasteiger partial charge in [-0.2, -0.15) is 0 Å². The molecule has 156 valence electrons. The molecule has 8 nitrogen and oxygen atoms in total. The lowest BCUT2D eigenvalue weighted by Gasteiger charge is -2.30. The molecule has 0 spiro atoms. The average Bonchev–Trinajstić information content (AvgIpc) is 2.75. The predicted octanol–water partition coefficient (Wildman–Crippen LogP) is 2.51. The van der Waals surface area contributed by atoms with Gasteiger partial charge in [0.15, 0.2) is 5.96 Å². The van der Waals surface area contributed by atoms with Gasteiger partial charge in [-0.3, -0.25) is 9.79 Å². The van der Waals surface area contributed by atoms with E-state index in [4.69, 9.17) is 10.5 Å². The van der Waals surface area contributed by atoms with E-state index in [-0.39, 0.29) is 17.8 Å². The van der Waals surface area contributed by atoms with Crippen molar-refractivity contribution in [3.63, 3.8) is 0 Å². The number of hydrogen-bond acceptors (Lipinski definition) is 5. The molecule has 1 saturated heterocycles. The van der Waals surface area contributed by atoms with Crippen LogP contribution in [0.5, 0.6) is 5.88 Å². The van der Waals surface area contributed by atoms with Crippen LogP contribution in [-0.2, 0) is 4.79 Å². The van der Waals surface area contributed by atoms with E-state index in [1.807, 2.05) is 0 Å². The summed E-state index contributed by atoms with van der Waals surface area (Å²) in [6.07, 6.45) is 7.38. The van der Waals surface area contributed by atoms with E-state index in [0.717, 1.165) is 19.0 Å². The van der Waals surface area contributed by atoms with E-state index in [1.54, 1.807) is 30.2 Å². The summed E-state index contributed by atoms with van der Waals surface area (Å²) in [5, 5.41) is 2.81. The van der Waals surface area contributed by atoms with Crippen molar-refractivity contribution >= 4 is 23.8 Å². The summed E-state index contributed by atoms with van der Waals surface area (Å²) in [4.78, 5) is 25.6. The molecule has 1 aromatic rings. The smallest absolute Gasteiger partial charge is 0.245 e. The van der Waals surface area contributed by atoms with E-state index < -0.39 is 11.9 Å². The Morgan fingerprint density at radius 1 is 1.55 bits per heavy atom. The maximum atomic E-state index is 14.3. The van der Waals surface area contributed by atoms with Crippen LogP contribution in [0.1, 0.15) is 19.8 Å². The summed E-state index contributed by atoms with van der Waals surface area (Å²) in [6.45, 7) is 6.42. The molecular formula is C20H27FN6O2. The van der Waals surface area contributed by atoms with Crippen LogP contribution in [0.2, 0.25) is 0 Å². The van der Waals surface area contributed by atoms with Crippen molar-refractivity contribution in [3.8, 4) is 5.88 Å². The zero-order valence-electron chi connectivity index (χ0n) is 16.7. The highest BCUT2D eigenvalue weighted by atomic mass is 19.1. The third-order valence-electron chi connectivity index (χ3n) is 4.41. The van der Waals surface area contributed by atoms with Gasteiger partial charge in [0, 0.05) is 31.3 Å². The Morgan fingerprint density at radius 2 is 2.34 bits per heavy atom. The standard InChI is InChI=1S/C20H27FN6O2/c1-4-19(28)27-9-5-6-15(13-27)10-23-14(2)17(21)12-25-20(22)26-16-7-8-18(29-3)24-11-16/h4,7-8,10-12,14-15H,1,5-6,9,13H2,2-3H3,(H3,22,25,26)/b17-12+,23-10?. The van der Waals surface area contributed by atoms with Crippen LogP contribution in [0.4, 0.5) is 10.1 Å². The van der Waals surface area contributed by atoms with Gasteiger partial charge in [0.05, 0.1) is 31.2 Å². The van der Waals surface area contributed by atoms with Crippen LogP contribution in [0.25, 0.3) is 0 Å². The Balaban J connectivity index is 1.90. The van der Waals surface area contributed by atoms with Gasteiger partial charge < -0.3 is 20.7 Å². The van der Waals surface area contributed by atoms with Gasteiger partial charge in [0.25, 0.3) is 0 Å². The first-order valence-electron chi connectivity index (χ1n) is 9.33. The minimum absolute atomic E-state index is 0.0224. The van der Waals surface area contributed by atoms with Crippen LogP contribution in [0.15, 0.2) is 53.0 Å².